The SMILES string of the molecule is C=CC=C1/C(=C\C)C(C)(C)c2c3c(c4oc5ccccc5c4c21)-c1ccc(N(c2ccc4c(c2)C(C)(C)c2c5c(c6oc7ccccc7c6c2-4)-c2ccccc2C5(C)C)c2ccc4c(c2)C(c2ccccc2)(c2ccccc2)c2cc5c(cc2-4)C(c2ccccc2)(c2ccccc2)c2ccc4oc6ccccc6c4c2-5)cc1C3(C)C. The van der Waals surface area contributed by atoms with Gasteiger partial charge in [-0.2, -0.15) is 0 Å². The summed E-state index contributed by atoms with van der Waals surface area (Å²) < 4.78 is 21.5. The minimum atomic E-state index is -0.844. The summed E-state index contributed by atoms with van der Waals surface area (Å²) in [5.41, 5.74) is 40.4. The average molecular weight is 1480 g/mol. The summed E-state index contributed by atoms with van der Waals surface area (Å²) >= 11 is 0. The van der Waals surface area contributed by atoms with E-state index in [9.17, 15) is 0 Å². The number of fused-ring (bicyclic) bond motifs is 32. The second kappa shape index (κ2) is 22.8. The van der Waals surface area contributed by atoms with Crippen molar-refractivity contribution in [2.75, 3.05) is 4.90 Å². The number of rotatable bonds is 8. The van der Waals surface area contributed by atoms with Crippen LogP contribution in [-0.4, -0.2) is 0 Å². The van der Waals surface area contributed by atoms with Gasteiger partial charge in [0.1, 0.15) is 33.5 Å². The third-order valence-corrected chi connectivity index (χ3v) is 28.2. The molecule has 115 heavy (non-hydrogen) atoms. The van der Waals surface area contributed by atoms with Gasteiger partial charge in [0, 0.05) is 82.2 Å². The molecule has 15 aromatic carbocycles. The number of hydrogen-bond donors (Lipinski definition) is 0. The molecule has 0 unspecified atom stereocenters. The van der Waals surface area contributed by atoms with Crippen LogP contribution >= 0.6 is 0 Å². The van der Waals surface area contributed by atoms with Gasteiger partial charge < -0.3 is 18.2 Å². The zero-order valence-electron chi connectivity index (χ0n) is 65.9. The van der Waals surface area contributed by atoms with E-state index < -0.39 is 21.7 Å². The molecule has 18 aromatic rings. The molecule has 0 bridgehead atoms. The number of nitrogens with zero attached hydrogens (tertiary/aromatic N) is 1. The standard InChI is InChI=1S/C111H81NO3/c1-11-33-71-80(12-2)106(3,4)100-94(71)96-76-44-27-31-48-89(76)115-105(96)99-74-55-52-68(59-84(74)109(9,10)103(99)100)112(67-51-54-73-83(58-67)108(7,8)101-95(73)97-77-45-28-32-49-90(77)114-104(97)98-72-42-25-29-46-81(72)107(5,6)102(98)101)69-50-53-70-78-61-87-79(62-86(78)111(85(70)60-69,65-38-21-15-22-39-65)66-40-23-16-24-41-66)92-82(56-57-91-93(92)75-43-26-30-47-88(75)113-91)110(87,63-34-17-13-18-35-63)64-36-19-14-20-37-64/h11-62H,1H2,2-10H3/b71-33?,80-12+. The van der Waals surface area contributed by atoms with Crippen LogP contribution in [0.3, 0.4) is 0 Å². The van der Waals surface area contributed by atoms with E-state index in [0.29, 0.717) is 0 Å². The molecule has 0 amide bonds. The van der Waals surface area contributed by atoms with Crippen molar-refractivity contribution in [3.8, 4) is 55.6 Å². The zero-order chi connectivity index (χ0) is 77.3. The monoisotopic (exact) mass is 1480 g/mol. The zero-order valence-corrected chi connectivity index (χ0v) is 65.9. The first-order valence-electron chi connectivity index (χ1n) is 40.8. The van der Waals surface area contributed by atoms with Gasteiger partial charge in [-0.1, -0.05) is 305 Å². The molecule has 0 atom stereocenters. The van der Waals surface area contributed by atoms with Crippen LogP contribution in [0.25, 0.3) is 127 Å². The van der Waals surface area contributed by atoms with Crippen molar-refractivity contribution < 1.29 is 13.3 Å². The summed E-state index contributed by atoms with van der Waals surface area (Å²) in [6.45, 7) is 26.2. The van der Waals surface area contributed by atoms with Crippen LogP contribution in [0.1, 0.15) is 151 Å². The van der Waals surface area contributed by atoms with Crippen LogP contribution in [0, 0.1) is 0 Å². The molecule has 0 spiro atoms. The maximum Gasteiger partial charge on any atom is 0.144 e. The van der Waals surface area contributed by atoms with Gasteiger partial charge in [-0.05, 0) is 224 Å². The molecule has 24 rings (SSSR count). The van der Waals surface area contributed by atoms with Crippen LogP contribution in [0.15, 0.2) is 341 Å². The van der Waals surface area contributed by atoms with Gasteiger partial charge >= 0.3 is 0 Å². The summed E-state index contributed by atoms with van der Waals surface area (Å²) in [5.74, 6) is 0. The van der Waals surface area contributed by atoms with Gasteiger partial charge in [-0.15, -0.1) is 0 Å². The van der Waals surface area contributed by atoms with E-state index >= 15 is 0 Å². The summed E-state index contributed by atoms with van der Waals surface area (Å²) in [6.07, 6.45) is 6.53. The van der Waals surface area contributed by atoms with Gasteiger partial charge in [0.15, 0.2) is 0 Å². The smallest absolute Gasteiger partial charge is 0.144 e. The molecule has 0 saturated heterocycles. The predicted molar refractivity (Wildman–Crippen MR) is 475 cm³/mol. The molecule has 4 nitrogen and oxygen atoms in total. The fourth-order valence-electron chi connectivity index (χ4n) is 23.7. The molecule has 3 aromatic heterocycles. The number of anilines is 3. The molecular weight excluding hydrogens is 1400 g/mol. The van der Waals surface area contributed by atoms with Gasteiger partial charge in [0.25, 0.3) is 0 Å². The van der Waals surface area contributed by atoms with E-state index in [1.165, 1.54) is 167 Å². The Balaban J connectivity index is 0.795. The first kappa shape index (κ1) is 66.3. The highest BCUT2D eigenvalue weighted by Crippen LogP contribution is 2.69. The number of para-hydroxylation sites is 3. The molecule has 0 N–H and O–H groups in total. The van der Waals surface area contributed by atoms with Crippen molar-refractivity contribution in [1.29, 1.82) is 0 Å². The lowest BCUT2D eigenvalue weighted by Gasteiger charge is -2.36. The number of hydrogen-bond acceptors (Lipinski definition) is 4. The minimum Gasteiger partial charge on any atom is -0.456 e. The lowest BCUT2D eigenvalue weighted by Crippen LogP contribution is -2.30. The van der Waals surface area contributed by atoms with Crippen LogP contribution in [0.4, 0.5) is 17.1 Å². The van der Waals surface area contributed by atoms with Gasteiger partial charge in [0.2, 0.25) is 0 Å². The third kappa shape index (κ3) is 8.12. The number of allylic oxidation sites excluding steroid dienone is 5. The molecule has 6 aliphatic rings. The Bertz CT molecular complexity index is 7390. The number of furan rings is 3. The molecule has 3 heterocycles. The topological polar surface area (TPSA) is 42.7 Å². The molecule has 4 heteroatoms. The van der Waals surface area contributed by atoms with Crippen molar-refractivity contribution in [2.24, 2.45) is 0 Å². The predicted octanol–water partition coefficient (Wildman–Crippen LogP) is 29.3. The van der Waals surface area contributed by atoms with Crippen LogP contribution < -0.4 is 4.90 Å². The fraction of sp³-hybridized carbons (Fsp3) is 0.135. The quantitative estimate of drug-likeness (QED) is 0.152. The lowest BCUT2D eigenvalue weighted by atomic mass is 9.66. The lowest BCUT2D eigenvalue weighted by molar-refractivity contribution is 0.599. The Kier molecular flexibility index (Phi) is 13.1. The molecule has 0 saturated carbocycles. The van der Waals surface area contributed by atoms with E-state index in [-0.39, 0.29) is 10.8 Å². The molecule has 6 aliphatic carbocycles. The Labute approximate surface area is 669 Å². The molecule has 0 fully saturated rings. The highest BCUT2D eigenvalue weighted by atomic mass is 16.3. The Morgan fingerprint density at radius 3 is 1.21 bits per heavy atom. The Morgan fingerprint density at radius 2 is 0.678 bits per heavy atom. The fourth-order valence-corrected chi connectivity index (χ4v) is 23.7. The average Bonchev–Trinajstić information content (AvgIpc) is 1.51. The molecule has 0 radical (unpaired) electrons. The van der Waals surface area contributed by atoms with E-state index in [2.05, 4.69) is 383 Å². The van der Waals surface area contributed by atoms with Crippen molar-refractivity contribution in [2.45, 2.75) is 94.8 Å². The maximum atomic E-state index is 7.34. The van der Waals surface area contributed by atoms with Crippen LogP contribution in [-0.2, 0) is 32.5 Å². The first-order valence-corrected chi connectivity index (χ1v) is 40.8. The highest BCUT2D eigenvalue weighted by Gasteiger charge is 2.55. The molecule has 548 valence electrons. The minimum absolute atomic E-state index is 0.326. The van der Waals surface area contributed by atoms with E-state index in [1.54, 1.807) is 0 Å². The van der Waals surface area contributed by atoms with Crippen LogP contribution in [0.2, 0.25) is 0 Å². The largest absolute Gasteiger partial charge is 0.456 e. The maximum absolute atomic E-state index is 7.34. The summed E-state index contributed by atoms with van der Waals surface area (Å²) in [6, 6.07) is 113. The summed E-state index contributed by atoms with van der Waals surface area (Å²) in [4.78, 5) is 2.61. The van der Waals surface area contributed by atoms with E-state index in [0.717, 1.165) is 72.1 Å². The normalized spacial score (nSPS) is 17.1. The Morgan fingerprint density at radius 1 is 0.287 bits per heavy atom. The van der Waals surface area contributed by atoms with E-state index in [4.69, 9.17) is 13.3 Å². The van der Waals surface area contributed by atoms with E-state index in [1.807, 2.05) is 6.08 Å². The molecule has 0 aliphatic heterocycles. The molecular formula is C111H81NO3. The van der Waals surface area contributed by atoms with Crippen LogP contribution in [0.5, 0.6) is 0 Å². The van der Waals surface area contributed by atoms with Gasteiger partial charge in [0.05, 0.1) is 10.8 Å². The second-order valence-electron chi connectivity index (χ2n) is 35.1. The van der Waals surface area contributed by atoms with Crippen molar-refractivity contribution in [1.82, 2.24) is 0 Å². The summed E-state index contributed by atoms with van der Waals surface area (Å²) in [7, 11) is 0. The highest BCUT2D eigenvalue weighted by molar-refractivity contribution is 6.23. The van der Waals surface area contributed by atoms with Crippen molar-refractivity contribution in [3.05, 3.63) is 417 Å². The summed E-state index contributed by atoms with van der Waals surface area (Å²) in [5, 5.41) is 6.86. The Hall–Kier alpha value is -13.3. The second-order valence-corrected chi connectivity index (χ2v) is 35.1. The number of benzene rings is 15. The van der Waals surface area contributed by atoms with Crippen molar-refractivity contribution >= 4 is 88.5 Å². The van der Waals surface area contributed by atoms with Gasteiger partial charge in [-0.3, -0.25) is 0 Å². The van der Waals surface area contributed by atoms with Gasteiger partial charge in [-0.25, -0.2) is 0 Å². The van der Waals surface area contributed by atoms with Crippen molar-refractivity contribution in [3.63, 3.8) is 0 Å². The third-order valence-electron chi connectivity index (χ3n) is 28.2. The first-order chi connectivity index (χ1) is 56.0.